The molecule has 0 aliphatic rings. The molecule has 0 fully saturated rings. The second-order valence-electron chi connectivity index (χ2n) is 4.84. The fourth-order valence-electron chi connectivity index (χ4n) is 2.40. The molecule has 0 spiro atoms. The first-order valence-corrected chi connectivity index (χ1v) is 6.48. The van der Waals surface area contributed by atoms with Gasteiger partial charge in [-0.15, -0.1) is 0 Å². The summed E-state index contributed by atoms with van der Waals surface area (Å²) >= 11 is 0. The maximum absolute atomic E-state index is 4.67. The predicted molar refractivity (Wildman–Crippen MR) is 79.4 cm³/mol. The van der Waals surface area contributed by atoms with Crippen LogP contribution in [0, 0.1) is 6.92 Å². The van der Waals surface area contributed by atoms with Crippen LogP contribution in [0.4, 0.5) is 0 Å². The lowest BCUT2D eigenvalue weighted by Crippen LogP contribution is -1.85. The summed E-state index contributed by atoms with van der Waals surface area (Å²) in [5, 5.41) is 1.09. The fourth-order valence-corrected chi connectivity index (χ4v) is 2.40. The number of hydrogen-bond acceptors (Lipinski definition) is 3. The van der Waals surface area contributed by atoms with E-state index >= 15 is 0 Å². The third-order valence-electron chi connectivity index (χ3n) is 3.38. The predicted octanol–water partition coefficient (Wildman–Crippen LogP) is 3.48. The van der Waals surface area contributed by atoms with Crippen molar-refractivity contribution in [3.63, 3.8) is 0 Å². The zero-order valence-electron chi connectivity index (χ0n) is 11.0. The Morgan fingerprint density at radius 3 is 2.80 bits per heavy atom. The van der Waals surface area contributed by atoms with Gasteiger partial charge in [-0.25, -0.2) is 4.98 Å². The first-order valence-electron chi connectivity index (χ1n) is 6.48. The quantitative estimate of drug-likeness (QED) is 0.570. The summed E-state index contributed by atoms with van der Waals surface area (Å²) in [5.41, 5.74) is 4.81. The lowest BCUT2D eigenvalue weighted by molar-refractivity contribution is 1.22. The lowest BCUT2D eigenvalue weighted by Gasteiger charge is -1.96. The molecule has 4 heteroatoms. The van der Waals surface area contributed by atoms with Crippen molar-refractivity contribution in [2.24, 2.45) is 0 Å². The third kappa shape index (κ3) is 1.66. The van der Waals surface area contributed by atoms with E-state index in [1.807, 2.05) is 37.3 Å². The van der Waals surface area contributed by atoms with E-state index in [1.165, 1.54) is 5.56 Å². The van der Waals surface area contributed by atoms with E-state index in [-0.39, 0.29) is 0 Å². The van der Waals surface area contributed by atoms with E-state index in [9.17, 15) is 0 Å². The molecule has 0 amide bonds. The number of nitrogens with one attached hydrogen (secondary N) is 1. The summed E-state index contributed by atoms with van der Waals surface area (Å²) in [6, 6.07) is 12.1. The minimum absolute atomic E-state index is 0.779. The molecule has 0 radical (unpaired) electrons. The highest BCUT2D eigenvalue weighted by molar-refractivity contribution is 6.02. The molecule has 0 aliphatic heterocycles. The minimum Gasteiger partial charge on any atom is -0.337 e. The molecular weight excluding hydrogens is 248 g/mol. The van der Waals surface area contributed by atoms with Crippen molar-refractivity contribution in [2.75, 3.05) is 0 Å². The second-order valence-corrected chi connectivity index (χ2v) is 4.84. The van der Waals surface area contributed by atoms with E-state index in [2.05, 4.69) is 26.0 Å². The molecule has 20 heavy (non-hydrogen) atoms. The molecule has 3 aromatic heterocycles. The molecule has 0 aliphatic carbocycles. The van der Waals surface area contributed by atoms with Crippen LogP contribution in [-0.4, -0.2) is 19.9 Å². The standard InChI is InChI=1S/C16H12N4/c1-10-6-8-17-13(9-10)16-19-12-5-4-11-3-2-7-18-14(11)15(12)20-16/h2-9H,1H3,(H,19,20). The van der Waals surface area contributed by atoms with E-state index in [4.69, 9.17) is 0 Å². The average molecular weight is 260 g/mol. The molecule has 0 atom stereocenters. The molecule has 3 heterocycles. The van der Waals surface area contributed by atoms with E-state index in [0.717, 1.165) is 33.5 Å². The number of aromatic nitrogens is 4. The van der Waals surface area contributed by atoms with E-state index in [0.29, 0.717) is 0 Å². The van der Waals surface area contributed by atoms with Crippen molar-refractivity contribution in [3.8, 4) is 11.5 Å². The van der Waals surface area contributed by atoms with Crippen molar-refractivity contribution >= 4 is 21.9 Å². The molecular formula is C16H12N4. The van der Waals surface area contributed by atoms with Gasteiger partial charge in [-0.3, -0.25) is 9.97 Å². The van der Waals surface area contributed by atoms with Crippen molar-refractivity contribution in [3.05, 3.63) is 54.4 Å². The number of pyridine rings is 2. The van der Waals surface area contributed by atoms with E-state index < -0.39 is 0 Å². The number of aryl methyl sites for hydroxylation is 1. The number of fused-ring (bicyclic) bond motifs is 3. The Morgan fingerprint density at radius 1 is 0.950 bits per heavy atom. The lowest BCUT2D eigenvalue weighted by atomic mass is 10.2. The molecule has 0 saturated heterocycles. The SMILES string of the molecule is Cc1ccnc(-c2nc3c(ccc4cccnc43)[nH]2)c1. The summed E-state index contributed by atoms with van der Waals surface area (Å²) < 4.78 is 0. The van der Waals surface area contributed by atoms with Crippen molar-refractivity contribution < 1.29 is 0 Å². The first kappa shape index (κ1) is 11.1. The van der Waals surface area contributed by atoms with Gasteiger partial charge in [0, 0.05) is 17.8 Å². The Balaban J connectivity index is 2.01. The topological polar surface area (TPSA) is 54.5 Å². The Kier molecular flexibility index (Phi) is 2.29. The normalized spacial score (nSPS) is 11.2. The zero-order valence-corrected chi connectivity index (χ0v) is 11.0. The van der Waals surface area contributed by atoms with Gasteiger partial charge in [0.2, 0.25) is 0 Å². The van der Waals surface area contributed by atoms with Gasteiger partial charge in [0.05, 0.1) is 11.0 Å². The average Bonchev–Trinajstić information content (AvgIpc) is 2.92. The number of H-pyrrole nitrogens is 1. The molecule has 4 rings (SSSR count). The van der Waals surface area contributed by atoms with Crippen LogP contribution in [0.3, 0.4) is 0 Å². The molecule has 0 bridgehead atoms. The van der Waals surface area contributed by atoms with Gasteiger partial charge < -0.3 is 4.98 Å². The Labute approximate surface area is 115 Å². The summed E-state index contributed by atoms with van der Waals surface area (Å²) in [7, 11) is 0. The number of hydrogen-bond donors (Lipinski definition) is 1. The maximum Gasteiger partial charge on any atom is 0.157 e. The zero-order chi connectivity index (χ0) is 13.5. The van der Waals surface area contributed by atoms with Crippen LogP contribution in [0.2, 0.25) is 0 Å². The van der Waals surface area contributed by atoms with Crippen molar-refractivity contribution in [2.45, 2.75) is 6.92 Å². The van der Waals surface area contributed by atoms with Gasteiger partial charge in [0.1, 0.15) is 11.2 Å². The van der Waals surface area contributed by atoms with Gasteiger partial charge in [-0.05, 0) is 36.8 Å². The summed E-state index contributed by atoms with van der Waals surface area (Å²) in [6.07, 6.45) is 3.59. The summed E-state index contributed by atoms with van der Waals surface area (Å²) in [6.45, 7) is 2.05. The van der Waals surface area contributed by atoms with Crippen molar-refractivity contribution in [1.82, 2.24) is 19.9 Å². The Hall–Kier alpha value is -2.75. The van der Waals surface area contributed by atoms with Crippen LogP contribution in [0.25, 0.3) is 33.5 Å². The van der Waals surface area contributed by atoms with Gasteiger partial charge in [0.25, 0.3) is 0 Å². The smallest absolute Gasteiger partial charge is 0.157 e. The minimum atomic E-state index is 0.779. The maximum atomic E-state index is 4.67. The third-order valence-corrected chi connectivity index (χ3v) is 3.38. The Morgan fingerprint density at radius 2 is 1.90 bits per heavy atom. The second kappa shape index (κ2) is 4.13. The number of rotatable bonds is 1. The van der Waals surface area contributed by atoms with Crippen LogP contribution < -0.4 is 0 Å². The highest BCUT2D eigenvalue weighted by atomic mass is 15.0. The van der Waals surface area contributed by atoms with Gasteiger partial charge in [0.15, 0.2) is 5.82 Å². The van der Waals surface area contributed by atoms with Crippen molar-refractivity contribution in [1.29, 1.82) is 0 Å². The Bertz CT molecular complexity index is 924. The van der Waals surface area contributed by atoms with Crippen LogP contribution in [0.15, 0.2) is 48.8 Å². The molecule has 96 valence electrons. The summed E-state index contributed by atoms with van der Waals surface area (Å²) in [4.78, 5) is 16.8. The van der Waals surface area contributed by atoms with Crippen LogP contribution in [0.1, 0.15) is 5.56 Å². The molecule has 1 aromatic carbocycles. The molecule has 4 aromatic rings. The monoisotopic (exact) mass is 260 g/mol. The largest absolute Gasteiger partial charge is 0.337 e. The molecule has 4 nitrogen and oxygen atoms in total. The van der Waals surface area contributed by atoms with Crippen LogP contribution in [-0.2, 0) is 0 Å². The van der Waals surface area contributed by atoms with Crippen LogP contribution >= 0.6 is 0 Å². The fraction of sp³-hybridized carbons (Fsp3) is 0.0625. The van der Waals surface area contributed by atoms with Gasteiger partial charge in [-0.2, -0.15) is 0 Å². The molecule has 1 N–H and O–H groups in total. The number of aromatic amines is 1. The summed E-state index contributed by atoms with van der Waals surface area (Å²) in [5.74, 6) is 0.779. The highest BCUT2D eigenvalue weighted by Gasteiger charge is 2.09. The number of nitrogens with zero attached hydrogens (tertiary/aromatic N) is 3. The van der Waals surface area contributed by atoms with Crippen LogP contribution in [0.5, 0.6) is 0 Å². The number of benzene rings is 1. The molecule has 0 unspecified atom stereocenters. The highest BCUT2D eigenvalue weighted by Crippen LogP contribution is 2.24. The first-order chi connectivity index (χ1) is 9.81. The number of imidazole rings is 1. The van der Waals surface area contributed by atoms with Gasteiger partial charge in [-0.1, -0.05) is 12.1 Å². The molecule has 0 saturated carbocycles. The van der Waals surface area contributed by atoms with Gasteiger partial charge >= 0.3 is 0 Å². The van der Waals surface area contributed by atoms with E-state index in [1.54, 1.807) is 12.4 Å².